The number of anilines is 2. The van der Waals surface area contributed by atoms with E-state index in [0.717, 1.165) is 4.90 Å². The Hall–Kier alpha value is -5.31. The fraction of sp³-hybridized carbons (Fsp3) is 0.275. The summed E-state index contributed by atoms with van der Waals surface area (Å²) in [4.78, 5) is 63.9. The minimum atomic E-state index is -4.77. The Kier molecular flexibility index (Phi) is 9.44. The molecule has 6 atom stereocenters. The van der Waals surface area contributed by atoms with Crippen LogP contribution in [0.2, 0.25) is 15.1 Å². The van der Waals surface area contributed by atoms with Crippen LogP contribution in [0.5, 0.6) is 17.2 Å². The van der Waals surface area contributed by atoms with Gasteiger partial charge in [0.15, 0.2) is 17.3 Å². The van der Waals surface area contributed by atoms with Crippen LogP contribution in [0, 0.1) is 23.7 Å². The number of benzene rings is 3. The highest BCUT2D eigenvalue weighted by atomic mass is 35.5. The second-order valence-corrected chi connectivity index (χ2v) is 15.5. The maximum Gasteiger partial charge on any atom is 0.417 e. The summed E-state index contributed by atoms with van der Waals surface area (Å²) in [6.07, 6.45) is -2.40. The van der Waals surface area contributed by atoms with E-state index >= 15 is 4.79 Å². The number of hydrogen-bond donors (Lipinski definition) is 2. The number of hydrogen-bond acceptors (Lipinski definition) is 9. The first-order chi connectivity index (χ1) is 27.1. The van der Waals surface area contributed by atoms with Gasteiger partial charge in [0.1, 0.15) is 0 Å². The lowest BCUT2D eigenvalue weighted by molar-refractivity contribution is -0.139. The van der Waals surface area contributed by atoms with Gasteiger partial charge in [0, 0.05) is 22.2 Å². The SMILES string of the molecule is COc1cc([C@H]2C3=CC[C@@H]4C(=O)N(c5ccc(Cl)cc5)C(=O)[C@@H]4[C@@H]3C[C@H]3C(=O)N(Nc4ncc(C(F)(F)F)cc4Cl)C(=O)[C@@]23c2ccc(Cl)cc2)cc(OC)c1O. The summed E-state index contributed by atoms with van der Waals surface area (Å²) in [7, 11) is 2.66. The van der Waals surface area contributed by atoms with Gasteiger partial charge in [0.25, 0.3) is 11.8 Å². The Morgan fingerprint density at radius 3 is 2.05 bits per heavy atom. The third-order valence-corrected chi connectivity index (χ3v) is 12.3. The van der Waals surface area contributed by atoms with Gasteiger partial charge in [0.2, 0.25) is 17.6 Å². The van der Waals surface area contributed by atoms with Gasteiger partial charge in [-0.1, -0.05) is 58.6 Å². The number of carbonyl (C=O) groups excluding carboxylic acids is 4. The van der Waals surface area contributed by atoms with E-state index in [4.69, 9.17) is 44.3 Å². The number of halogens is 6. The molecule has 8 rings (SSSR count). The smallest absolute Gasteiger partial charge is 0.417 e. The van der Waals surface area contributed by atoms with Gasteiger partial charge in [-0.2, -0.15) is 18.2 Å². The summed E-state index contributed by atoms with van der Waals surface area (Å²) in [6.45, 7) is 0. The number of amides is 4. The molecule has 17 heteroatoms. The summed E-state index contributed by atoms with van der Waals surface area (Å²) in [6, 6.07) is 16.2. The molecule has 0 spiro atoms. The fourth-order valence-corrected chi connectivity index (χ4v) is 9.54. The number of allylic oxidation sites excluding steroid dienone is 2. The fourth-order valence-electron chi connectivity index (χ4n) is 9.08. The number of carbonyl (C=O) groups is 4. The number of aromatic hydroxyl groups is 1. The molecule has 0 unspecified atom stereocenters. The zero-order valence-corrected chi connectivity index (χ0v) is 32.1. The molecule has 2 aliphatic heterocycles. The Morgan fingerprint density at radius 2 is 1.47 bits per heavy atom. The van der Waals surface area contributed by atoms with E-state index in [0.29, 0.717) is 49.7 Å². The van der Waals surface area contributed by atoms with Crippen molar-refractivity contribution in [2.45, 2.75) is 30.4 Å². The van der Waals surface area contributed by atoms with Crippen molar-refractivity contribution >= 4 is 69.9 Å². The number of phenolic OH excluding ortho intramolecular Hbond substituents is 1. The third kappa shape index (κ3) is 5.90. The number of methoxy groups -OCH3 is 2. The van der Waals surface area contributed by atoms with Crippen LogP contribution in [0.3, 0.4) is 0 Å². The van der Waals surface area contributed by atoms with E-state index in [1.807, 2.05) is 6.08 Å². The van der Waals surface area contributed by atoms with E-state index in [1.54, 1.807) is 48.5 Å². The zero-order chi connectivity index (χ0) is 40.7. The number of alkyl halides is 3. The molecule has 2 N–H and O–H groups in total. The molecule has 294 valence electrons. The van der Waals surface area contributed by atoms with Crippen molar-refractivity contribution in [2.75, 3.05) is 24.5 Å². The van der Waals surface area contributed by atoms with Gasteiger partial charge in [0.05, 0.1) is 53.7 Å². The van der Waals surface area contributed by atoms with E-state index in [2.05, 4.69) is 10.4 Å². The van der Waals surface area contributed by atoms with Crippen molar-refractivity contribution < 1.29 is 46.9 Å². The Balaban J connectivity index is 1.34. The predicted octanol–water partition coefficient (Wildman–Crippen LogP) is 7.97. The second-order valence-electron chi connectivity index (χ2n) is 14.2. The highest BCUT2D eigenvalue weighted by Gasteiger charge is 2.70. The normalized spacial score (nSPS) is 25.5. The molecule has 3 fully saturated rings. The molecule has 57 heavy (non-hydrogen) atoms. The molecular weight excluding hydrogens is 812 g/mol. The van der Waals surface area contributed by atoms with Gasteiger partial charge in [-0.3, -0.25) is 29.5 Å². The molecule has 1 aromatic heterocycles. The molecule has 4 aromatic rings. The Morgan fingerprint density at radius 1 is 0.860 bits per heavy atom. The van der Waals surface area contributed by atoms with Crippen molar-refractivity contribution in [3.8, 4) is 17.2 Å². The van der Waals surface area contributed by atoms with Gasteiger partial charge >= 0.3 is 6.18 Å². The van der Waals surface area contributed by atoms with Crippen molar-refractivity contribution in [3.63, 3.8) is 0 Å². The van der Waals surface area contributed by atoms with E-state index in [9.17, 15) is 32.7 Å². The summed E-state index contributed by atoms with van der Waals surface area (Å²) in [5, 5.41) is 11.9. The number of pyridine rings is 1. The number of fused-ring (bicyclic) bond motifs is 4. The van der Waals surface area contributed by atoms with E-state index in [-0.39, 0.29) is 30.1 Å². The molecule has 3 aromatic carbocycles. The maximum atomic E-state index is 15.4. The first-order valence-corrected chi connectivity index (χ1v) is 18.7. The molecule has 2 saturated heterocycles. The molecule has 11 nitrogen and oxygen atoms in total. The van der Waals surface area contributed by atoms with Crippen LogP contribution in [0.25, 0.3) is 0 Å². The third-order valence-electron chi connectivity index (χ3n) is 11.5. The second kappa shape index (κ2) is 14.0. The molecule has 4 aliphatic rings. The zero-order valence-electron chi connectivity index (χ0n) is 29.8. The van der Waals surface area contributed by atoms with E-state index in [1.165, 1.54) is 26.4 Å². The number of phenols is 1. The number of aromatic nitrogens is 1. The molecule has 0 bridgehead atoms. The molecular formula is C40H30Cl3F3N4O7. The minimum Gasteiger partial charge on any atom is -0.502 e. The number of imide groups is 2. The monoisotopic (exact) mass is 840 g/mol. The van der Waals surface area contributed by atoms with Crippen LogP contribution in [-0.2, 0) is 30.8 Å². The lowest BCUT2D eigenvalue weighted by Crippen LogP contribution is -2.53. The molecule has 4 amide bonds. The largest absolute Gasteiger partial charge is 0.502 e. The van der Waals surface area contributed by atoms with Crippen molar-refractivity contribution in [3.05, 3.63) is 116 Å². The van der Waals surface area contributed by atoms with Crippen LogP contribution >= 0.6 is 34.8 Å². The topological polar surface area (TPSA) is 138 Å². The number of hydrazine groups is 1. The number of rotatable bonds is 7. The average molecular weight is 842 g/mol. The van der Waals surface area contributed by atoms with Crippen LogP contribution in [0.4, 0.5) is 24.7 Å². The summed E-state index contributed by atoms with van der Waals surface area (Å²) in [5.41, 5.74) is 1.24. The number of ether oxygens (including phenoxy) is 2. The summed E-state index contributed by atoms with van der Waals surface area (Å²) < 4.78 is 51.6. The molecule has 3 heterocycles. The lowest BCUT2D eigenvalue weighted by atomic mass is 9.49. The maximum absolute atomic E-state index is 15.4. The molecule has 1 saturated carbocycles. The first kappa shape index (κ1) is 38.6. The predicted molar refractivity (Wildman–Crippen MR) is 202 cm³/mol. The lowest BCUT2D eigenvalue weighted by Gasteiger charge is -2.50. The standard InChI is InChI=1S/C40H30Cl3F3N4O7/c1-56-29-13-18(14-30(57-2)33(29)51)32-24-11-12-25-31(37(54)49(35(25)52)23-9-7-22(42)8-10-23)26(24)16-27-36(53)50(38(55)39(27,32)19-3-5-21(41)6-4-19)48-34-28(43)15-20(17-47-34)40(44,45)46/h3-11,13-15,17,25-27,31-32,51H,12,16H2,1-2H3,(H,47,48)/t25-,26+,27-,31-,32-,39+/m0/s1. The van der Waals surface area contributed by atoms with Crippen LogP contribution in [0.15, 0.2) is 84.6 Å². The van der Waals surface area contributed by atoms with Crippen LogP contribution in [-0.4, -0.2) is 52.9 Å². The van der Waals surface area contributed by atoms with Gasteiger partial charge in [-0.15, -0.1) is 0 Å². The Labute approximate surface area is 337 Å². The van der Waals surface area contributed by atoms with Gasteiger partial charge in [-0.05, 0) is 84.5 Å². The highest BCUT2D eigenvalue weighted by Crippen LogP contribution is 2.65. The summed E-state index contributed by atoms with van der Waals surface area (Å²) >= 11 is 18.7. The molecule has 0 radical (unpaired) electrons. The van der Waals surface area contributed by atoms with Crippen molar-refractivity contribution in [1.82, 2.24) is 9.99 Å². The van der Waals surface area contributed by atoms with Crippen LogP contribution in [0.1, 0.15) is 35.4 Å². The Bertz CT molecular complexity index is 2370. The average Bonchev–Trinajstić information content (AvgIpc) is 3.56. The quantitative estimate of drug-likeness (QED) is 0.140. The number of nitrogens with zero attached hydrogens (tertiary/aromatic N) is 3. The van der Waals surface area contributed by atoms with E-state index < -0.39 is 81.2 Å². The van der Waals surface area contributed by atoms with Gasteiger partial charge < -0.3 is 14.6 Å². The summed E-state index contributed by atoms with van der Waals surface area (Å²) in [5.74, 6) is -8.15. The number of nitrogens with one attached hydrogen (secondary N) is 1. The first-order valence-electron chi connectivity index (χ1n) is 17.5. The highest BCUT2D eigenvalue weighted by molar-refractivity contribution is 6.33. The van der Waals surface area contributed by atoms with Crippen molar-refractivity contribution in [1.29, 1.82) is 0 Å². The van der Waals surface area contributed by atoms with Gasteiger partial charge in [-0.25, -0.2) is 4.98 Å². The van der Waals surface area contributed by atoms with Crippen molar-refractivity contribution in [2.24, 2.45) is 23.7 Å². The molecule has 2 aliphatic carbocycles. The minimum absolute atomic E-state index is 0.0166. The van der Waals surface area contributed by atoms with Crippen LogP contribution < -0.4 is 19.8 Å².